The van der Waals surface area contributed by atoms with E-state index in [-0.39, 0.29) is 17.7 Å². The van der Waals surface area contributed by atoms with E-state index in [9.17, 15) is 4.79 Å². The number of aromatic nitrogens is 2. The Labute approximate surface area is 166 Å². The molecule has 1 N–H and O–H groups in total. The van der Waals surface area contributed by atoms with Crippen molar-refractivity contribution in [1.29, 1.82) is 0 Å². The molecule has 0 aliphatic rings. The van der Waals surface area contributed by atoms with Gasteiger partial charge in [0.2, 0.25) is 11.8 Å². The van der Waals surface area contributed by atoms with E-state index >= 15 is 0 Å². The monoisotopic (exact) mass is 406 g/mol. The minimum absolute atomic E-state index is 0.0335. The van der Waals surface area contributed by atoms with Gasteiger partial charge in [0.05, 0.1) is 18.1 Å². The molecule has 3 aromatic rings. The Bertz CT molecular complexity index is 865. The summed E-state index contributed by atoms with van der Waals surface area (Å²) in [5, 5.41) is 11.8. The molecule has 7 nitrogen and oxygen atoms in total. The van der Waals surface area contributed by atoms with Gasteiger partial charge in [-0.2, -0.15) is 0 Å². The molecule has 1 unspecified atom stereocenters. The topological polar surface area (TPSA) is 84.4 Å². The molecule has 1 atom stereocenters. The number of halogens is 1. The molecule has 1 aromatic carbocycles. The first kappa shape index (κ1) is 19.5. The third kappa shape index (κ3) is 5.35. The molecule has 0 saturated carbocycles. The summed E-state index contributed by atoms with van der Waals surface area (Å²) < 4.78 is 11.0. The number of hydrogen-bond acceptors (Lipinski definition) is 7. The fraction of sp³-hybridized carbons (Fsp3) is 0.278. The summed E-state index contributed by atoms with van der Waals surface area (Å²) in [6, 6.07) is 10.8. The van der Waals surface area contributed by atoms with E-state index in [2.05, 4.69) is 15.5 Å². The summed E-state index contributed by atoms with van der Waals surface area (Å²) in [7, 11) is 3.87. The second-order valence-electron chi connectivity index (χ2n) is 5.97. The van der Waals surface area contributed by atoms with E-state index < -0.39 is 0 Å². The second-order valence-corrected chi connectivity index (χ2v) is 7.33. The predicted octanol–water partition coefficient (Wildman–Crippen LogP) is 3.49. The van der Waals surface area contributed by atoms with Crippen molar-refractivity contribution in [2.24, 2.45) is 0 Å². The number of thioether (sulfide) groups is 1. The summed E-state index contributed by atoms with van der Waals surface area (Å²) in [6.07, 6.45) is 1.62. The van der Waals surface area contributed by atoms with Gasteiger partial charge in [0.25, 0.3) is 5.22 Å². The molecule has 0 aliphatic heterocycles. The number of rotatable bonds is 8. The van der Waals surface area contributed by atoms with Gasteiger partial charge in [-0.05, 0) is 50.5 Å². The maximum Gasteiger partial charge on any atom is 0.277 e. The van der Waals surface area contributed by atoms with Crippen LogP contribution in [0.3, 0.4) is 0 Å². The molecular weight excluding hydrogens is 388 g/mol. The summed E-state index contributed by atoms with van der Waals surface area (Å²) in [4.78, 5) is 14.1. The normalized spacial score (nSPS) is 12.3. The molecule has 0 radical (unpaired) electrons. The number of carbonyl (C=O) groups excluding carboxylic acids is 1. The van der Waals surface area contributed by atoms with Crippen LogP contribution >= 0.6 is 23.4 Å². The average molecular weight is 407 g/mol. The van der Waals surface area contributed by atoms with Crippen LogP contribution in [0, 0.1) is 0 Å². The van der Waals surface area contributed by atoms with Crippen LogP contribution in [0.25, 0.3) is 11.5 Å². The Hall–Kier alpha value is -2.29. The Morgan fingerprint density at radius 2 is 2.04 bits per heavy atom. The summed E-state index contributed by atoms with van der Waals surface area (Å²) in [5.74, 6) is 1.25. The summed E-state index contributed by atoms with van der Waals surface area (Å²) in [6.45, 7) is 0.444. The number of carbonyl (C=O) groups is 1. The first-order chi connectivity index (χ1) is 13.0. The van der Waals surface area contributed by atoms with E-state index in [1.165, 1.54) is 11.8 Å². The number of nitrogens with zero attached hydrogens (tertiary/aromatic N) is 3. The lowest BCUT2D eigenvalue weighted by Crippen LogP contribution is -2.35. The molecule has 2 aromatic heterocycles. The average Bonchev–Trinajstić information content (AvgIpc) is 3.33. The largest absolute Gasteiger partial charge is 0.468 e. The Morgan fingerprint density at radius 3 is 2.70 bits per heavy atom. The van der Waals surface area contributed by atoms with Crippen molar-refractivity contribution >= 4 is 29.3 Å². The number of likely N-dealkylation sites (N-methyl/N-ethyl adjacent to an activating group) is 1. The zero-order valence-corrected chi connectivity index (χ0v) is 16.5. The van der Waals surface area contributed by atoms with Gasteiger partial charge in [0.15, 0.2) is 0 Å². The molecule has 0 bridgehead atoms. The summed E-state index contributed by atoms with van der Waals surface area (Å²) in [5.41, 5.74) is 0.774. The molecular formula is C18H19ClN4O3S. The number of furan rings is 1. The van der Waals surface area contributed by atoms with Crippen LogP contribution in [-0.2, 0) is 4.79 Å². The SMILES string of the molecule is CN(C)C(CNC(=O)CSc1nnc(-c2ccc(Cl)cc2)o1)c1ccco1. The molecule has 0 saturated heterocycles. The molecule has 0 spiro atoms. The highest BCUT2D eigenvalue weighted by molar-refractivity contribution is 7.99. The minimum atomic E-state index is -0.121. The smallest absolute Gasteiger partial charge is 0.277 e. The highest BCUT2D eigenvalue weighted by Crippen LogP contribution is 2.24. The molecule has 0 aliphatic carbocycles. The highest BCUT2D eigenvalue weighted by atomic mass is 35.5. The number of benzene rings is 1. The lowest BCUT2D eigenvalue weighted by molar-refractivity contribution is -0.118. The van der Waals surface area contributed by atoms with Crippen molar-refractivity contribution in [3.63, 3.8) is 0 Å². The van der Waals surface area contributed by atoms with Gasteiger partial charge in [0, 0.05) is 17.1 Å². The second kappa shape index (κ2) is 9.07. The van der Waals surface area contributed by atoms with Crippen LogP contribution in [0.1, 0.15) is 11.8 Å². The zero-order chi connectivity index (χ0) is 19.2. The maximum atomic E-state index is 12.1. The van der Waals surface area contributed by atoms with Crippen molar-refractivity contribution in [1.82, 2.24) is 20.4 Å². The van der Waals surface area contributed by atoms with Crippen molar-refractivity contribution in [3.8, 4) is 11.5 Å². The number of amides is 1. The van der Waals surface area contributed by atoms with Gasteiger partial charge in [-0.3, -0.25) is 9.69 Å². The molecule has 0 fully saturated rings. The molecule has 1 amide bonds. The Morgan fingerprint density at radius 1 is 1.26 bits per heavy atom. The summed E-state index contributed by atoms with van der Waals surface area (Å²) >= 11 is 7.06. The Balaban J connectivity index is 1.50. The molecule has 2 heterocycles. The van der Waals surface area contributed by atoms with Gasteiger partial charge >= 0.3 is 0 Å². The van der Waals surface area contributed by atoms with E-state index in [0.29, 0.717) is 22.7 Å². The van der Waals surface area contributed by atoms with Gasteiger partial charge in [-0.25, -0.2) is 0 Å². The molecule has 142 valence electrons. The molecule has 27 heavy (non-hydrogen) atoms. The van der Waals surface area contributed by atoms with Crippen molar-refractivity contribution in [2.45, 2.75) is 11.3 Å². The van der Waals surface area contributed by atoms with Crippen LogP contribution < -0.4 is 5.32 Å². The van der Waals surface area contributed by atoms with E-state index in [1.54, 1.807) is 30.5 Å². The fourth-order valence-corrected chi connectivity index (χ4v) is 3.10. The Kier molecular flexibility index (Phi) is 6.54. The van der Waals surface area contributed by atoms with Gasteiger partial charge in [-0.15, -0.1) is 10.2 Å². The van der Waals surface area contributed by atoms with Crippen LogP contribution in [-0.4, -0.2) is 47.4 Å². The quantitative estimate of drug-likeness (QED) is 0.573. The predicted molar refractivity (Wildman–Crippen MR) is 104 cm³/mol. The lowest BCUT2D eigenvalue weighted by atomic mass is 10.2. The fourth-order valence-electron chi connectivity index (χ4n) is 2.38. The third-order valence-corrected chi connectivity index (χ3v) is 4.88. The van der Waals surface area contributed by atoms with Gasteiger partial charge in [0.1, 0.15) is 5.76 Å². The lowest BCUT2D eigenvalue weighted by Gasteiger charge is -2.22. The first-order valence-corrected chi connectivity index (χ1v) is 9.58. The highest BCUT2D eigenvalue weighted by Gasteiger charge is 2.18. The zero-order valence-electron chi connectivity index (χ0n) is 14.9. The van der Waals surface area contributed by atoms with Crippen molar-refractivity contribution in [2.75, 3.05) is 26.4 Å². The van der Waals surface area contributed by atoms with Crippen LogP contribution in [0.15, 0.2) is 56.7 Å². The van der Waals surface area contributed by atoms with Crippen molar-refractivity contribution in [3.05, 3.63) is 53.4 Å². The standard InChI is InChI=1S/C18H19ClN4O3S/c1-23(2)14(15-4-3-9-25-15)10-20-16(24)11-27-18-22-21-17(26-18)12-5-7-13(19)8-6-12/h3-9,14H,10-11H2,1-2H3,(H,20,24). The molecule has 9 heteroatoms. The minimum Gasteiger partial charge on any atom is -0.468 e. The third-order valence-electron chi connectivity index (χ3n) is 3.81. The van der Waals surface area contributed by atoms with Crippen molar-refractivity contribution < 1.29 is 13.6 Å². The van der Waals surface area contributed by atoms with E-state index in [0.717, 1.165) is 11.3 Å². The van der Waals surface area contributed by atoms with Gasteiger partial charge in [-0.1, -0.05) is 23.4 Å². The van der Waals surface area contributed by atoms with Crippen LogP contribution in [0.4, 0.5) is 0 Å². The van der Waals surface area contributed by atoms with E-state index in [4.69, 9.17) is 20.4 Å². The van der Waals surface area contributed by atoms with E-state index in [1.807, 2.05) is 31.1 Å². The number of hydrogen-bond donors (Lipinski definition) is 1. The van der Waals surface area contributed by atoms with Gasteiger partial charge < -0.3 is 14.2 Å². The maximum absolute atomic E-state index is 12.1. The molecule has 3 rings (SSSR count). The first-order valence-electron chi connectivity index (χ1n) is 8.21. The van der Waals surface area contributed by atoms with Crippen LogP contribution in [0.5, 0.6) is 0 Å². The van der Waals surface area contributed by atoms with Crippen LogP contribution in [0.2, 0.25) is 5.02 Å². The number of nitrogens with one attached hydrogen (secondary N) is 1.